The van der Waals surface area contributed by atoms with E-state index in [1.54, 1.807) is 0 Å². The highest BCUT2D eigenvalue weighted by Crippen LogP contribution is 2.22. The SMILES string of the molecule is CC1=C/C(N2CCN(C(C)C)CC2)=C(/C)CCC(=NCc2ccc(CNCCCNC3CCCCC3)cc2)N1. The van der Waals surface area contributed by atoms with Gasteiger partial charge in [-0.3, -0.25) is 9.89 Å². The van der Waals surface area contributed by atoms with Crippen LogP contribution in [-0.4, -0.2) is 67.0 Å². The lowest BCUT2D eigenvalue weighted by Gasteiger charge is -2.39. The fourth-order valence-corrected chi connectivity index (χ4v) is 6.06. The second-order valence-corrected chi connectivity index (χ2v) is 12.1. The van der Waals surface area contributed by atoms with Crippen LogP contribution in [0.25, 0.3) is 0 Å². The van der Waals surface area contributed by atoms with Gasteiger partial charge in [-0.2, -0.15) is 0 Å². The first-order chi connectivity index (χ1) is 19.0. The minimum atomic E-state index is 0.633. The Morgan fingerprint density at radius 1 is 0.923 bits per heavy atom. The number of allylic oxidation sites excluding steroid dienone is 3. The Labute approximate surface area is 238 Å². The highest BCUT2D eigenvalue weighted by Gasteiger charge is 2.22. The summed E-state index contributed by atoms with van der Waals surface area (Å²) in [4.78, 5) is 10.1. The molecule has 3 N–H and O–H groups in total. The average Bonchev–Trinajstić information content (AvgIpc) is 2.95. The van der Waals surface area contributed by atoms with Crippen molar-refractivity contribution in [3.8, 4) is 0 Å². The summed E-state index contributed by atoms with van der Waals surface area (Å²) >= 11 is 0. The quantitative estimate of drug-likeness (QED) is 0.324. The van der Waals surface area contributed by atoms with Crippen LogP contribution in [0.4, 0.5) is 0 Å². The van der Waals surface area contributed by atoms with Crippen molar-refractivity contribution in [2.45, 2.75) is 104 Å². The van der Waals surface area contributed by atoms with Crippen molar-refractivity contribution in [1.82, 2.24) is 25.8 Å². The largest absolute Gasteiger partial charge is 0.369 e. The predicted molar refractivity (Wildman–Crippen MR) is 166 cm³/mol. The Hall–Kier alpha value is -2.15. The van der Waals surface area contributed by atoms with Gasteiger partial charge in [-0.25, -0.2) is 0 Å². The standard InChI is InChI=1S/C33H54N6/c1-26(2)38-19-21-39(22-20-38)32-23-28(4)37-33(16-11-27(32)3)36-25-30-14-12-29(13-15-30)24-34-17-8-18-35-31-9-6-5-7-10-31/h12-15,23,26,31,34-35H,5-11,16-22,24-25H2,1-4H3,(H,36,37)/b28-23?,32-27+. The number of hydrogen-bond donors (Lipinski definition) is 3. The van der Waals surface area contributed by atoms with Crippen LogP contribution in [0.5, 0.6) is 0 Å². The topological polar surface area (TPSA) is 54.9 Å². The number of aliphatic imine (C=N–C) groups is 1. The van der Waals surface area contributed by atoms with Gasteiger partial charge in [-0.15, -0.1) is 0 Å². The van der Waals surface area contributed by atoms with Crippen LogP contribution in [0.1, 0.15) is 90.2 Å². The molecule has 6 nitrogen and oxygen atoms in total. The van der Waals surface area contributed by atoms with Gasteiger partial charge in [-0.1, -0.05) is 43.5 Å². The zero-order valence-corrected chi connectivity index (χ0v) is 25.2. The molecule has 1 saturated carbocycles. The van der Waals surface area contributed by atoms with E-state index >= 15 is 0 Å². The van der Waals surface area contributed by atoms with Gasteiger partial charge in [0.25, 0.3) is 0 Å². The Morgan fingerprint density at radius 3 is 2.36 bits per heavy atom. The van der Waals surface area contributed by atoms with E-state index in [0.29, 0.717) is 6.04 Å². The molecule has 0 amide bonds. The van der Waals surface area contributed by atoms with E-state index in [9.17, 15) is 0 Å². The van der Waals surface area contributed by atoms with Crippen molar-refractivity contribution in [2.24, 2.45) is 4.99 Å². The lowest BCUT2D eigenvalue weighted by molar-refractivity contribution is 0.131. The monoisotopic (exact) mass is 534 g/mol. The number of piperazine rings is 1. The van der Waals surface area contributed by atoms with Crippen molar-refractivity contribution in [1.29, 1.82) is 0 Å². The lowest BCUT2D eigenvalue weighted by atomic mass is 9.95. The maximum absolute atomic E-state index is 4.97. The minimum Gasteiger partial charge on any atom is -0.369 e. The van der Waals surface area contributed by atoms with Crippen LogP contribution < -0.4 is 16.0 Å². The van der Waals surface area contributed by atoms with Crippen molar-refractivity contribution in [3.05, 3.63) is 58.4 Å². The summed E-state index contributed by atoms with van der Waals surface area (Å²) in [5.74, 6) is 1.10. The molecule has 0 aromatic heterocycles. The summed E-state index contributed by atoms with van der Waals surface area (Å²) in [5.41, 5.74) is 6.68. The number of nitrogens with one attached hydrogen (secondary N) is 3. The molecule has 0 bridgehead atoms. The summed E-state index contributed by atoms with van der Waals surface area (Å²) in [6, 6.07) is 10.4. The molecule has 2 aliphatic heterocycles. The number of benzene rings is 1. The number of rotatable bonds is 11. The Morgan fingerprint density at radius 2 is 1.64 bits per heavy atom. The van der Waals surface area contributed by atoms with E-state index in [-0.39, 0.29) is 0 Å². The number of amidine groups is 1. The summed E-state index contributed by atoms with van der Waals surface area (Å²) in [7, 11) is 0. The van der Waals surface area contributed by atoms with Crippen LogP contribution in [0.3, 0.4) is 0 Å². The zero-order valence-electron chi connectivity index (χ0n) is 25.2. The molecule has 1 aromatic carbocycles. The van der Waals surface area contributed by atoms with Crippen molar-refractivity contribution < 1.29 is 0 Å². The van der Waals surface area contributed by atoms with Gasteiger partial charge in [0.1, 0.15) is 5.84 Å². The third-order valence-corrected chi connectivity index (χ3v) is 8.63. The Kier molecular flexibility index (Phi) is 11.9. The highest BCUT2D eigenvalue weighted by molar-refractivity contribution is 5.84. The van der Waals surface area contributed by atoms with Crippen LogP contribution >= 0.6 is 0 Å². The summed E-state index contributed by atoms with van der Waals surface area (Å²) in [5, 5.41) is 10.9. The lowest BCUT2D eigenvalue weighted by Crippen LogP contribution is -2.48. The number of hydrogen-bond acceptors (Lipinski definition) is 5. The summed E-state index contributed by atoms with van der Waals surface area (Å²) in [6.45, 7) is 17.4. The van der Waals surface area contributed by atoms with E-state index in [1.807, 2.05) is 0 Å². The molecule has 0 spiro atoms. The molecule has 216 valence electrons. The van der Waals surface area contributed by atoms with E-state index in [1.165, 1.54) is 66.6 Å². The normalized spacial score (nSPS) is 23.1. The predicted octanol–water partition coefficient (Wildman–Crippen LogP) is 5.57. The Balaban J connectivity index is 1.18. The maximum Gasteiger partial charge on any atom is 0.101 e. The van der Waals surface area contributed by atoms with Gasteiger partial charge >= 0.3 is 0 Å². The highest BCUT2D eigenvalue weighted by atomic mass is 15.3. The van der Waals surface area contributed by atoms with E-state index in [2.05, 4.69) is 83.8 Å². The molecular formula is C33H54N6. The van der Waals surface area contributed by atoms with Gasteiger partial charge < -0.3 is 20.9 Å². The first-order valence-electron chi connectivity index (χ1n) is 15.7. The molecule has 1 aromatic rings. The van der Waals surface area contributed by atoms with E-state index < -0.39 is 0 Å². The first kappa shape index (κ1) is 29.8. The Bertz CT molecular complexity index is 962. The van der Waals surface area contributed by atoms with Gasteiger partial charge in [0.05, 0.1) is 6.54 Å². The molecule has 39 heavy (non-hydrogen) atoms. The molecule has 0 atom stereocenters. The molecule has 0 radical (unpaired) electrons. The van der Waals surface area contributed by atoms with E-state index in [4.69, 9.17) is 4.99 Å². The molecule has 0 unspecified atom stereocenters. The first-order valence-corrected chi connectivity index (χ1v) is 15.7. The van der Waals surface area contributed by atoms with Crippen LogP contribution in [0.2, 0.25) is 0 Å². The van der Waals surface area contributed by atoms with Crippen molar-refractivity contribution in [3.63, 3.8) is 0 Å². The molecule has 3 aliphatic rings. The minimum absolute atomic E-state index is 0.633. The fourth-order valence-electron chi connectivity index (χ4n) is 6.06. The smallest absolute Gasteiger partial charge is 0.101 e. The molecule has 1 aliphatic carbocycles. The van der Waals surface area contributed by atoms with Gasteiger partial charge in [0, 0.05) is 62.6 Å². The van der Waals surface area contributed by atoms with Crippen molar-refractivity contribution >= 4 is 5.84 Å². The molecule has 2 heterocycles. The van der Waals surface area contributed by atoms with Gasteiger partial charge in [-0.05, 0) is 89.2 Å². The molecule has 4 rings (SSSR count). The fraction of sp³-hybridized carbons (Fsp3) is 0.667. The second kappa shape index (κ2) is 15.6. The average molecular weight is 535 g/mol. The van der Waals surface area contributed by atoms with Gasteiger partial charge in [0.15, 0.2) is 0 Å². The van der Waals surface area contributed by atoms with Crippen LogP contribution in [0, 0.1) is 0 Å². The van der Waals surface area contributed by atoms with Gasteiger partial charge in [0.2, 0.25) is 0 Å². The summed E-state index contributed by atoms with van der Waals surface area (Å²) in [6.07, 6.45) is 12.5. The third-order valence-electron chi connectivity index (χ3n) is 8.63. The zero-order chi connectivity index (χ0) is 27.5. The van der Waals surface area contributed by atoms with Crippen molar-refractivity contribution in [2.75, 3.05) is 39.3 Å². The maximum atomic E-state index is 4.97. The molecule has 1 saturated heterocycles. The summed E-state index contributed by atoms with van der Waals surface area (Å²) < 4.78 is 0. The number of nitrogens with zero attached hydrogens (tertiary/aromatic N) is 3. The molecule has 6 heteroatoms. The van der Waals surface area contributed by atoms with E-state index in [0.717, 1.165) is 77.1 Å². The second-order valence-electron chi connectivity index (χ2n) is 12.1. The molecule has 2 fully saturated rings. The molecular weight excluding hydrogens is 480 g/mol. The third kappa shape index (κ3) is 9.77. The van der Waals surface area contributed by atoms with Crippen LogP contribution in [0.15, 0.2) is 52.3 Å². The van der Waals surface area contributed by atoms with Crippen LogP contribution in [-0.2, 0) is 13.1 Å².